The smallest absolute Gasteiger partial charge is 0.416 e. The van der Waals surface area contributed by atoms with Crippen LogP contribution in [0.4, 0.5) is 24.5 Å². The lowest BCUT2D eigenvalue weighted by Crippen LogP contribution is -2.31. The van der Waals surface area contributed by atoms with E-state index in [4.69, 9.17) is 9.47 Å². The molecule has 0 radical (unpaired) electrons. The normalized spacial score (nSPS) is 13.3. The summed E-state index contributed by atoms with van der Waals surface area (Å²) in [6, 6.07) is 11.1. The first-order chi connectivity index (χ1) is 13.4. The first-order valence-electron chi connectivity index (χ1n) is 9.41. The fourth-order valence-corrected chi connectivity index (χ4v) is 3.35. The Morgan fingerprint density at radius 1 is 1.04 bits per heavy atom. The Kier molecular flexibility index (Phi) is 6.46. The summed E-state index contributed by atoms with van der Waals surface area (Å²) < 4.78 is 50.6. The summed E-state index contributed by atoms with van der Waals surface area (Å²) in [7, 11) is 1.67. The Balaban J connectivity index is 1.83. The molecule has 0 aliphatic carbocycles. The molecule has 1 aliphatic heterocycles. The van der Waals surface area contributed by atoms with E-state index in [1.165, 1.54) is 12.1 Å². The quantitative estimate of drug-likeness (QED) is 0.606. The number of nitrogens with zero attached hydrogens (tertiary/aromatic N) is 2. The van der Waals surface area contributed by atoms with Gasteiger partial charge in [0.2, 0.25) is 0 Å². The number of rotatable bonds is 8. The van der Waals surface area contributed by atoms with E-state index in [9.17, 15) is 13.2 Å². The molecule has 0 unspecified atom stereocenters. The number of fused-ring (bicyclic) bond motifs is 2. The summed E-state index contributed by atoms with van der Waals surface area (Å²) in [5, 5.41) is 0. The molecule has 0 saturated heterocycles. The average molecular weight is 394 g/mol. The fraction of sp³-hybridized carbons (Fsp3) is 0.429. The van der Waals surface area contributed by atoms with Crippen molar-refractivity contribution >= 4 is 11.4 Å². The molecule has 2 aromatic carbocycles. The highest BCUT2D eigenvalue weighted by atomic mass is 19.4. The van der Waals surface area contributed by atoms with Crippen LogP contribution in [-0.2, 0) is 10.9 Å². The molecular weight excluding hydrogens is 369 g/mol. The third kappa shape index (κ3) is 4.59. The van der Waals surface area contributed by atoms with Crippen molar-refractivity contribution in [2.45, 2.75) is 19.5 Å². The molecule has 0 N–H and O–H groups in total. The summed E-state index contributed by atoms with van der Waals surface area (Å²) in [5.74, 6) is 1.10. The molecule has 0 saturated carbocycles. The molecule has 3 rings (SSSR count). The van der Waals surface area contributed by atoms with Gasteiger partial charge in [-0.15, -0.1) is 0 Å². The van der Waals surface area contributed by atoms with Gasteiger partial charge in [0.25, 0.3) is 0 Å². The summed E-state index contributed by atoms with van der Waals surface area (Å²) in [6.45, 7) is 5.92. The maximum atomic E-state index is 13.2. The van der Waals surface area contributed by atoms with Crippen LogP contribution in [0.2, 0.25) is 0 Å². The predicted molar refractivity (Wildman–Crippen MR) is 104 cm³/mol. The van der Waals surface area contributed by atoms with Crippen LogP contribution in [0.5, 0.6) is 11.5 Å². The molecule has 0 bridgehead atoms. The number of hydrogen-bond acceptors (Lipinski definition) is 4. The molecule has 0 atom stereocenters. The van der Waals surface area contributed by atoms with Crippen molar-refractivity contribution in [3.8, 4) is 11.5 Å². The van der Waals surface area contributed by atoms with Crippen LogP contribution in [0.3, 0.4) is 0 Å². The summed E-state index contributed by atoms with van der Waals surface area (Å²) in [5.41, 5.74) is 0.567. The summed E-state index contributed by atoms with van der Waals surface area (Å²) in [6.07, 6.45) is -3.58. The second-order valence-electron chi connectivity index (χ2n) is 6.68. The van der Waals surface area contributed by atoms with Crippen molar-refractivity contribution in [1.82, 2.24) is 4.90 Å². The number of ether oxygens (including phenoxy) is 2. The zero-order valence-electron chi connectivity index (χ0n) is 16.1. The largest absolute Gasteiger partial charge is 0.453 e. The third-order valence-electron chi connectivity index (χ3n) is 4.87. The van der Waals surface area contributed by atoms with E-state index in [0.29, 0.717) is 30.3 Å². The summed E-state index contributed by atoms with van der Waals surface area (Å²) >= 11 is 0. The minimum atomic E-state index is -4.39. The lowest BCUT2D eigenvalue weighted by molar-refractivity contribution is -0.137. The topological polar surface area (TPSA) is 24.9 Å². The number of benzene rings is 2. The van der Waals surface area contributed by atoms with Crippen molar-refractivity contribution in [3.05, 3.63) is 48.0 Å². The SMILES string of the molecule is CCN(CCCN1c2ccccc2Oc2ccc(C(F)(F)F)cc21)CCOC. The van der Waals surface area contributed by atoms with E-state index in [0.717, 1.165) is 37.8 Å². The standard InChI is InChI=1S/C21H25F3N2O2/c1-3-25(13-14-27-2)11-6-12-26-17-7-4-5-8-19(17)28-20-10-9-16(15-18(20)26)21(22,23)24/h4-5,7-10,15H,3,6,11-14H2,1-2H3. The van der Waals surface area contributed by atoms with Gasteiger partial charge in [-0.3, -0.25) is 0 Å². The van der Waals surface area contributed by atoms with Crippen molar-refractivity contribution < 1.29 is 22.6 Å². The fourth-order valence-electron chi connectivity index (χ4n) is 3.35. The van der Waals surface area contributed by atoms with Crippen LogP contribution in [0, 0.1) is 0 Å². The highest BCUT2D eigenvalue weighted by molar-refractivity contribution is 5.78. The molecule has 7 heteroatoms. The van der Waals surface area contributed by atoms with Crippen LogP contribution in [0.1, 0.15) is 18.9 Å². The molecule has 4 nitrogen and oxygen atoms in total. The molecular formula is C21H25F3N2O2. The van der Waals surface area contributed by atoms with E-state index in [-0.39, 0.29) is 0 Å². The van der Waals surface area contributed by atoms with Crippen molar-refractivity contribution in [1.29, 1.82) is 0 Å². The molecule has 0 spiro atoms. The number of halogens is 3. The van der Waals surface area contributed by atoms with Gasteiger partial charge >= 0.3 is 6.18 Å². The molecule has 1 heterocycles. The summed E-state index contributed by atoms with van der Waals surface area (Å²) in [4.78, 5) is 4.19. The van der Waals surface area contributed by atoms with Gasteiger partial charge in [0.15, 0.2) is 11.5 Å². The minimum Gasteiger partial charge on any atom is -0.453 e. The van der Waals surface area contributed by atoms with Crippen molar-refractivity contribution in [2.75, 3.05) is 44.8 Å². The van der Waals surface area contributed by atoms with Crippen LogP contribution in [0.15, 0.2) is 42.5 Å². The number of alkyl halides is 3. The van der Waals surface area contributed by atoms with Crippen molar-refractivity contribution in [2.24, 2.45) is 0 Å². The lowest BCUT2D eigenvalue weighted by atomic mass is 10.1. The number of methoxy groups -OCH3 is 1. The zero-order valence-corrected chi connectivity index (χ0v) is 16.1. The zero-order chi connectivity index (χ0) is 20.1. The van der Waals surface area contributed by atoms with Gasteiger partial charge in [0, 0.05) is 20.2 Å². The van der Waals surface area contributed by atoms with E-state index in [1.54, 1.807) is 7.11 Å². The Bertz CT molecular complexity index is 795. The van der Waals surface area contributed by atoms with Crippen LogP contribution in [-0.4, -0.2) is 44.8 Å². The Hall–Kier alpha value is -2.25. The van der Waals surface area contributed by atoms with E-state index >= 15 is 0 Å². The molecule has 1 aliphatic rings. The minimum absolute atomic E-state index is 0.443. The van der Waals surface area contributed by atoms with Gasteiger partial charge in [-0.25, -0.2) is 0 Å². The third-order valence-corrected chi connectivity index (χ3v) is 4.87. The molecule has 152 valence electrons. The molecule has 0 fully saturated rings. The van der Waals surface area contributed by atoms with Crippen LogP contribution < -0.4 is 9.64 Å². The molecule has 28 heavy (non-hydrogen) atoms. The van der Waals surface area contributed by atoms with E-state index < -0.39 is 11.7 Å². The molecule has 2 aromatic rings. The highest BCUT2D eigenvalue weighted by Crippen LogP contribution is 2.48. The predicted octanol–water partition coefficient (Wildman–Crippen LogP) is 5.31. The van der Waals surface area contributed by atoms with Gasteiger partial charge in [-0.2, -0.15) is 13.2 Å². The second kappa shape index (κ2) is 8.84. The van der Waals surface area contributed by atoms with Crippen molar-refractivity contribution in [3.63, 3.8) is 0 Å². The van der Waals surface area contributed by atoms with E-state index in [1.807, 2.05) is 29.2 Å². The Morgan fingerprint density at radius 3 is 2.50 bits per heavy atom. The average Bonchev–Trinajstić information content (AvgIpc) is 2.68. The van der Waals surface area contributed by atoms with Gasteiger partial charge in [0.05, 0.1) is 23.5 Å². The maximum Gasteiger partial charge on any atom is 0.416 e. The molecule has 0 aromatic heterocycles. The number of hydrogen-bond donors (Lipinski definition) is 0. The van der Waals surface area contributed by atoms with Gasteiger partial charge in [0.1, 0.15) is 0 Å². The van der Waals surface area contributed by atoms with Crippen LogP contribution >= 0.6 is 0 Å². The highest BCUT2D eigenvalue weighted by Gasteiger charge is 2.33. The second-order valence-corrected chi connectivity index (χ2v) is 6.68. The lowest BCUT2D eigenvalue weighted by Gasteiger charge is -2.34. The first kappa shape index (κ1) is 20.5. The van der Waals surface area contributed by atoms with E-state index in [2.05, 4.69) is 11.8 Å². The maximum absolute atomic E-state index is 13.2. The first-order valence-corrected chi connectivity index (χ1v) is 9.41. The number of likely N-dealkylation sites (N-methyl/N-ethyl adjacent to an activating group) is 1. The number of para-hydroxylation sites is 2. The Morgan fingerprint density at radius 2 is 1.79 bits per heavy atom. The monoisotopic (exact) mass is 394 g/mol. The Labute approximate surface area is 163 Å². The van der Waals surface area contributed by atoms with Crippen LogP contribution in [0.25, 0.3) is 0 Å². The van der Waals surface area contributed by atoms with Gasteiger partial charge in [-0.05, 0) is 49.8 Å². The van der Waals surface area contributed by atoms with Gasteiger partial charge in [-0.1, -0.05) is 19.1 Å². The number of anilines is 2. The van der Waals surface area contributed by atoms with Gasteiger partial charge < -0.3 is 19.3 Å². The molecule has 0 amide bonds.